The second kappa shape index (κ2) is 11.8. The topological polar surface area (TPSA) is 52.1 Å². The Balaban J connectivity index is 0.00000261. The molecule has 3 fully saturated rings. The van der Waals surface area contributed by atoms with Gasteiger partial charge in [0.25, 0.3) is 0 Å². The number of guanidine groups is 1. The van der Waals surface area contributed by atoms with E-state index >= 15 is 0 Å². The van der Waals surface area contributed by atoms with Gasteiger partial charge in [0.2, 0.25) is 0 Å². The standard InChI is InChI=1S/C20H39N5O.HI/c1-16(2)12-19(24-8-10-26-11-9-24)14-23-20(21-3)22-13-17-6-7-25(15-17)18-4-5-18;/h16-19H,4-15H2,1-3H3,(H2,21,22,23);1H. The van der Waals surface area contributed by atoms with Gasteiger partial charge in [0, 0.05) is 51.9 Å². The summed E-state index contributed by atoms with van der Waals surface area (Å²) in [6, 6.07) is 1.46. The van der Waals surface area contributed by atoms with Crippen LogP contribution in [-0.4, -0.2) is 87.4 Å². The molecule has 2 aliphatic heterocycles. The number of halogens is 1. The van der Waals surface area contributed by atoms with Crippen molar-refractivity contribution in [1.29, 1.82) is 0 Å². The van der Waals surface area contributed by atoms with Crippen molar-refractivity contribution >= 4 is 29.9 Å². The quantitative estimate of drug-likeness (QED) is 0.308. The molecule has 1 saturated carbocycles. The lowest BCUT2D eigenvalue weighted by Crippen LogP contribution is -2.51. The van der Waals surface area contributed by atoms with E-state index in [9.17, 15) is 0 Å². The fourth-order valence-corrected chi connectivity index (χ4v) is 4.32. The molecule has 2 N–H and O–H groups in total. The third-order valence-electron chi connectivity index (χ3n) is 5.97. The molecular weight excluding hydrogens is 453 g/mol. The SMILES string of the molecule is CN=C(NCC1CCN(C2CC2)C1)NCC(CC(C)C)N1CCOCC1.I. The zero-order valence-electron chi connectivity index (χ0n) is 17.5. The van der Waals surface area contributed by atoms with E-state index in [1.54, 1.807) is 0 Å². The van der Waals surface area contributed by atoms with Gasteiger partial charge in [0.1, 0.15) is 0 Å². The van der Waals surface area contributed by atoms with Gasteiger partial charge in [-0.05, 0) is 44.1 Å². The Morgan fingerprint density at radius 3 is 2.48 bits per heavy atom. The summed E-state index contributed by atoms with van der Waals surface area (Å²) in [4.78, 5) is 9.71. The minimum absolute atomic E-state index is 0. The van der Waals surface area contributed by atoms with Crippen molar-refractivity contribution in [3.8, 4) is 0 Å². The van der Waals surface area contributed by atoms with Gasteiger partial charge in [-0.15, -0.1) is 24.0 Å². The molecular formula is C20H40IN5O. The Morgan fingerprint density at radius 1 is 1.11 bits per heavy atom. The van der Waals surface area contributed by atoms with Crippen molar-refractivity contribution in [1.82, 2.24) is 20.4 Å². The molecule has 0 aromatic rings. The maximum absolute atomic E-state index is 5.52. The summed E-state index contributed by atoms with van der Waals surface area (Å²) >= 11 is 0. The number of aliphatic imine (C=N–C) groups is 1. The first-order chi connectivity index (χ1) is 12.7. The number of hydrogen-bond acceptors (Lipinski definition) is 4. The number of rotatable bonds is 8. The van der Waals surface area contributed by atoms with Crippen molar-refractivity contribution in [2.75, 3.05) is 59.5 Å². The number of nitrogens with zero attached hydrogens (tertiary/aromatic N) is 3. The highest BCUT2D eigenvalue weighted by Gasteiger charge is 2.34. The molecule has 2 saturated heterocycles. The van der Waals surface area contributed by atoms with Gasteiger partial charge in [-0.1, -0.05) is 13.8 Å². The Kier molecular flexibility index (Phi) is 10.1. The first kappa shape index (κ1) is 23.2. The average Bonchev–Trinajstić information content (AvgIpc) is 3.40. The molecule has 158 valence electrons. The molecule has 0 amide bonds. The van der Waals surface area contributed by atoms with E-state index in [0.717, 1.165) is 57.3 Å². The van der Waals surface area contributed by atoms with E-state index in [1.807, 2.05) is 7.05 Å². The van der Waals surface area contributed by atoms with Crippen LogP contribution in [0.3, 0.4) is 0 Å². The minimum Gasteiger partial charge on any atom is -0.379 e. The van der Waals surface area contributed by atoms with Gasteiger partial charge < -0.3 is 20.3 Å². The molecule has 3 aliphatic rings. The minimum atomic E-state index is 0. The highest BCUT2D eigenvalue weighted by molar-refractivity contribution is 14.0. The molecule has 0 aromatic heterocycles. The molecule has 27 heavy (non-hydrogen) atoms. The summed E-state index contributed by atoms with van der Waals surface area (Å²) in [5.41, 5.74) is 0. The van der Waals surface area contributed by atoms with E-state index in [1.165, 1.54) is 38.8 Å². The number of morpholine rings is 1. The summed E-state index contributed by atoms with van der Waals surface area (Å²) in [7, 11) is 1.88. The summed E-state index contributed by atoms with van der Waals surface area (Å²) in [6.07, 6.45) is 5.37. The molecule has 3 rings (SSSR count). The molecule has 0 bridgehead atoms. The summed E-state index contributed by atoms with van der Waals surface area (Å²) in [5, 5.41) is 7.16. The van der Waals surface area contributed by atoms with Crippen LogP contribution in [0.2, 0.25) is 0 Å². The van der Waals surface area contributed by atoms with Crippen molar-refractivity contribution in [2.24, 2.45) is 16.8 Å². The van der Waals surface area contributed by atoms with E-state index in [2.05, 4.69) is 39.3 Å². The third-order valence-corrected chi connectivity index (χ3v) is 5.97. The number of ether oxygens (including phenoxy) is 1. The van der Waals surface area contributed by atoms with E-state index in [0.29, 0.717) is 12.0 Å². The Morgan fingerprint density at radius 2 is 1.85 bits per heavy atom. The lowest BCUT2D eigenvalue weighted by molar-refractivity contribution is 0.0132. The Labute approximate surface area is 182 Å². The van der Waals surface area contributed by atoms with Crippen LogP contribution >= 0.6 is 24.0 Å². The predicted octanol–water partition coefficient (Wildman–Crippen LogP) is 2.00. The van der Waals surface area contributed by atoms with Crippen LogP contribution in [-0.2, 0) is 4.74 Å². The van der Waals surface area contributed by atoms with Gasteiger partial charge in [-0.2, -0.15) is 0 Å². The van der Waals surface area contributed by atoms with Crippen molar-refractivity contribution in [2.45, 2.75) is 51.6 Å². The normalized spacial score (nSPS) is 26.1. The summed E-state index contributed by atoms with van der Waals surface area (Å²) in [5.74, 6) is 2.42. The number of hydrogen-bond donors (Lipinski definition) is 2. The maximum atomic E-state index is 5.52. The smallest absolute Gasteiger partial charge is 0.191 e. The number of likely N-dealkylation sites (tertiary alicyclic amines) is 1. The Hall–Kier alpha value is -0.120. The van der Waals surface area contributed by atoms with Gasteiger partial charge in [-0.25, -0.2) is 0 Å². The van der Waals surface area contributed by atoms with E-state index in [-0.39, 0.29) is 24.0 Å². The molecule has 2 heterocycles. The zero-order chi connectivity index (χ0) is 18.4. The van der Waals surface area contributed by atoms with Crippen molar-refractivity contribution < 1.29 is 4.74 Å². The van der Waals surface area contributed by atoms with Gasteiger partial charge >= 0.3 is 0 Å². The van der Waals surface area contributed by atoms with E-state index in [4.69, 9.17) is 4.74 Å². The molecule has 0 radical (unpaired) electrons. The van der Waals surface area contributed by atoms with Crippen LogP contribution < -0.4 is 10.6 Å². The lowest BCUT2D eigenvalue weighted by atomic mass is 10.0. The largest absolute Gasteiger partial charge is 0.379 e. The van der Waals surface area contributed by atoms with Gasteiger partial charge in [-0.3, -0.25) is 9.89 Å². The Bertz CT molecular complexity index is 452. The van der Waals surface area contributed by atoms with Gasteiger partial charge in [0.05, 0.1) is 13.2 Å². The predicted molar refractivity (Wildman–Crippen MR) is 123 cm³/mol. The van der Waals surface area contributed by atoms with Gasteiger partial charge in [0.15, 0.2) is 5.96 Å². The molecule has 2 atom stereocenters. The van der Waals surface area contributed by atoms with Crippen LogP contribution in [0, 0.1) is 11.8 Å². The van der Waals surface area contributed by atoms with Crippen LogP contribution in [0.1, 0.15) is 39.5 Å². The number of nitrogens with one attached hydrogen (secondary N) is 2. The fraction of sp³-hybridized carbons (Fsp3) is 0.950. The van der Waals surface area contributed by atoms with Crippen LogP contribution in [0.4, 0.5) is 0 Å². The van der Waals surface area contributed by atoms with Crippen LogP contribution in [0.15, 0.2) is 4.99 Å². The van der Waals surface area contributed by atoms with Crippen LogP contribution in [0.25, 0.3) is 0 Å². The van der Waals surface area contributed by atoms with Crippen molar-refractivity contribution in [3.63, 3.8) is 0 Å². The summed E-state index contributed by atoms with van der Waals surface area (Å²) in [6.45, 7) is 13.0. The molecule has 7 heteroatoms. The third kappa shape index (κ3) is 7.66. The van der Waals surface area contributed by atoms with E-state index < -0.39 is 0 Å². The highest BCUT2D eigenvalue weighted by atomic mass is 127. The second-order valence-corrected chi connectivity index (χ2v) is 8.65. The zero-order valence-corrected chi connectivity index (χ0v) is 19.8. The average molecular weight is 493 g/mol. The molecule has 0 aromatic carbocycles. The first-order valence-electron chi connectivity index (χ1n) is 10.7. The van der Waals surface area contributed by atoms with Crippen molar-refractivity contribution in [3.05, 3.63) is 0 Å². The molecule has 6 nitrogen and oxygen atoms in total. The maximum Gasteiger partial charge on any atom is 0.191 e. The molecule has 0 spiro atoms. The summed E-state index contributed by atoms with van der Waals surface area (Å²) < 4.78 is 5.52. The molecule has 1 aliphatic carbocycles. The second-order valence-electron chi connectivity index (χ2n) is 8.65. The molecule has 2 unspecified atom stereocenters. The lowest BCUT2D eigenvalue weighted by Gasteiger charge is -2.35. The fourth-order valence-electron chi connectivity index (χ4n) is 4.32. The monoisotopic (exact) mass is 493 g/mol. The first-order valence-corrected chi connectivity index (χ1v) is 10.7. The van der Waals surface area contributed by atoms with Crippen LogP contribution in [0.5, 0.6) is 0 Å². The highest BCUT2D eigenvalue weighted by Crippen LogP contribution is 2.31.